The average Bonchev–Trinajstić information content (AvgIpc) is 2.41. The summed E-state index contributed by atoms with van der Waals surface area (Å²) in [5.41, 5.74) is 0. The molecule has 1 heterocycles. The number of amides is 2. The molecule has 1 atom stereocenters. The van der Waals surface area contributed by atoms with E-state index >= 15 is 0 Å². The normalized spacial score (nSPS) is 19.2. The molecule has 1 unspecified atom stereocenters. The summed E-state index contributed by atoms with van der Waals surface area (Å²) in [6.07, 6.45) is 4.99. The summed E-state index contributed by atoms with van der Waals surface area (Å²) in [4.78, 5) is 23.0. The van der Waals surface area contributed by atoms with Crippen molar-refractivity contribution in [1.29, 1.82) is 0 Å². The van der Waals surface area contributed by atoms with E-state index in [0.717, 1.165) is 19.4 Å². The van der Waals surface area contributed by atoms with Gasteiger partial charge in [-0.05, 0) is 31.7 Å². The Hall–Kier alpha value is -1.10. The molecule has 1 rings (SSSR count). The topological polar surface area (TPSA) is 70.2 Å². The molecule has 5 nitrogen and oxygen atoms in total. The van der Waals surface area contributed by atoms with E-state index in [1.54, 1.807) is 0 Å². The van der Waals surface area contributed by atoms with Gasteiger partial charge in [-0.3, -0.25) is 9.59 Å². The lowest BCUT2D eigenvalue weighted by molar-refractivity contribution is -0.126. The zero-order chi connectivity index (χ0) is 14.1. The van der Waals surface area contributed by atoms with Gasteiger partial charge in [-0.25, -0.2) is 0 Å². The smallest absolute Gasteiger partial charge is 0.239 e. The Morgan fingerprint density at radius 3 is 2.63 bits per heavy atom. The highest BCUT2D eigenvalue weighted by atomic mass is 16.2. The predicted octanol–water partition coefficient (Wildman–Crippen LogP) is 0.797. The zero-order valence-electron chi connectivity index (χ0n) is 12.1. The fourth-order valence-corrected chi connectivity index (χ4v) is 2.12. The highest BCUT2D eigenvalue weighted by Gasteiger charge is 2.14. The summed E-state index contributed by atoms with van der Waals surface area (Å²) < 4.78 is 0. The van der Waals surface area contributed by atoms with Crippen molar-refractivity contribution in [1.82, 2.24) is 16.0 Å². The van der Waals surface area contributed by atoms with Crippen molar-refractivity contribution in [2.45, 2.75) is 52.0 Å². The van der Waals surface area contributed by atoms with Gasteiger partial charge in [-0.15, -0.1) is 0 Å². The zero-order valence-corrected chi connectivity index (χ0v) is 12.1. The van der Waals surface area contributed by atoms with E-state index in [9.17, 15) is 9.59 Å². The molecule has 19 heavy (non-hydrogen) atoms. The SMILES string of the molecule is CC(C)CNC(=O)CNC(=O)CCC1CCCCN1. The van der Waals surface area contributed by atoms with Crippen LogP contribution in [-0.2, 0) is 9.59 Å². The van der Waals surface area contributed by atoms with Gasteiger partial charge in [0.05, 0.1) is 6.54 Å². The van der Waals surface area contributed by atoms with Crippen LogP contribution in [0.4, 0.5) is 0 Å². The summed E-state index contributed by atoms with van der Waals surface area (Å²) in [6.45, 7) is 5.88. The van der Waals surface area contributed by atoms with E-state index in [1.165, 1.54) is 12.8 Å². The molecule has 0 aromatic rings. The Bertz CT molecular complexity index is 286. The number of rotatable bonds is 7. The number of carbonyl (C=O) groups excluding carboxylic acids is 2. The van der Waals surface area contributed by atoms with Gasteiger partial charge in [0.2, 0.25) is 11.8 Å². The average molecular weight is 269 g/mol. The van der Waals surface area contributed by atoms with Crippen LogP contribution in [0.2, 0.25) is 0 Å². The molecule has 0 radical (unpaired) electrons. The van der Waals surface area contributed by atoms with Crippen LogP contribution in [0.3, 0.4) is 0 Å². The molecule has 0 bridgehead atoms. The molecular weight excluding hydrogens is 242 g/mol. The maximum absolute atomic E-state index is 11.6. The van der Waals surface area contributed by atoms with E-state index in [2.05, 4.69) is 16.0 Å². The molecule has 1 aliphatic heterocycles. The summed E-state index contributed by atoms with van der Waals surface area (Å²) in [5, 5.41) is 8.86. The van der Waals surface area contributed by atoms with Crippen LogP contribution in [0.1, 0.15) is 46.0 Å². The lowest BCUT2D eigenvalue weighted by Gasteiger charge is -2.23. The van der Waals surface area contributed by atoms with Gasteiger partial charge in [0.25, 0.3) is 0 Å². The molecule has 1 fully saturated rings. The number of hydrogen-bond donors (Lipinski definition) is 3. The van der Waals surface area contributed by atoms with Crippen molar-refractivity contribution < 1.29 is 9.59 Å². The number of piperidine rings is 1. The van der Waals surface area contributed by atoms with E-state index in [4.69, 9.17) is 0 Å². The third-order valence-corrected chi connectivity index (χ3v) is 3.29. The lowest BCUT2D eigenvalue weighted by atomic mass is 10.0. The van der Waals surface area contributed by atoms with Gasteiger partial charge in [-0.2, -0.15) is 0 Å². The summed E-state index contributed by atoms with van der Waals surface area (Å²) >= 11 is 0. The third-order valence-electron chi connectivity index (χ3n) is 3.29. The first-order chi connectivity index (χ1) is 9.08. The Morgan fingerprint density at radius 2 is 2.00 bits per heavy atom. The predicted molar refractivity (Wildman–Crippen MR) is 75.7 cm³/mol. The quantitative estimate of drug-likeness (QED) is 0.640. The molecule has 0 spiro atoms. The van der Waals surface area contributed by atoms with Crippen LogP contribution >= 0.6 is 0 Å². The monoisotopic (exact) mass is 269 g/mol. The van der Waals surface area contributed by atoms with Gasteiger partial charge in [0.15, 0.2) is 0 Å². The maximum Gasteiger partial charge on any atom is 0.239 e. The second-order valence-electron chi connectivity index (χ2n) is 5.66. The molecule has 3 N–H and O–H groups in total. The van der Waals surface area contributed by atoms with Gasteiger partial charge >= 0.3 is 0 Å². The minimum absolute atomic E-state index is 0.0351. The third kappa shape index (κ3) is 7.82. The van der Waals surface area contributed by atoms with E-state index in [1.807, 2.05) is 13.8 Å². The van der Waals surface area contributed by atoms with Crippen molar-refractivity contribution >= 4 is 11.8 Å². The Balaban J connectivity index is 2.05. The number of carbonyl (C=O) groups is 2. The molecule has 2 amide bonds. The maximum atomic E-state index is 11.6. The van der Waals surface area contributed by atoms with Crippen molar-refractivity contribution in [2.24, 2.45) is 5.92 Å². The van der Waals surface area contributed by atoms with Gasteiger partial charge in [0, 0.05) is 19.0 Å². The van der Waals surface area contributed by atoms with Crippen LogP contribution < -0.4 is 16.0 Å². The van der Waals surface area contributed by atoms with Crippen LogP contribution in [0.5, 0.6) is 0 Å². The van der Waals surface area contributed by atoms with Crippen molar-refractivity contribution in [2.75, 3.05) is 19.6 Å². The molecule has 5 heteroatoms. The van der Waals surface area contributed by atoms with E-state index in [0.29, 0.717) is 24.9 Å². The van der Waals surface area contributed by atoms with Crippen LogP contribution in [-0.4, -0.2) is 37.5 Å². The van der Waals surface area contributed by atoms with Gasteiger partial charge < -0.3 is 16.0 Å². The summed E-state index contributed by atoms with van der Waals surface area (Å²) in [7, 11) is 0. The molecule has 0 aromatic carbocycles. The van der Waals surface area contributed by atoms with Crippen LogP contribution in [0.25, 0.3) is 0 Å². The lowest BCUT2D eigenvalue weighted by Crippen LogP contribution is -2.39. The minimum Gasteiger partial charge on any atom is -0.354 e. The standard InChI is InChI=1S/C14H27N3O2/c1-11(2)9-16-14(19)10-17-13(18)7-6-12-5-3-4-8-15-12/h11-12,15H,3-10H2,1-2H3,(H,16,19)(H,17,18). The Kier molecular flexibility index (Phi) is 7.48. The molecule has 0 aromatic heterocycles. The fraction of sp³-hybridized carbons (Fsp3) is 0.857. The first kappa shape index (κ1) is 16.0. The highest BCUT2D eigenvalue weighted by Crippen LogP contribution is 2.11. The van der Waals surface area contributed by atoms with Crippen molar-refractivity contribution in [3.05, 3.63) is 0 Å². The first-order valence-electron chi connectivity index (χ1n) is 7.34. The minimum atomic E-state index is -0.113. The molecule has 110 valence electrons. The van der Waals surface area contributed by atoms with Crippen LogP contribution in [0.15, 0.2) is 0 Å². The van der Waals surface area contributed by atoms with E-state index in [-0.39, 0.29) is 18.4 Å². The van der Waals surface area contributed by atoms with Crippen molar-refractivity contribution in [3.8, 4) is 0 Å². The van der Waals surface area contributed by atoms with Gasteiger partial charge in [-0.1, -0.05) is 20.3 Å². The number of hydrogen-bond acceptors (Lipinski definition) is 3. The second-order valence-corrected chi connectivity index (χ2v) is 5.66. The Labute approximate surface area is 115 Å². The highest BCUT2D eigenvalue weighted by molar-refractivity contribution is 5.84. The molecule has 0 saturated carbocycles. The molecule has 1 saturated heterocycles. The summed E-state index contributed by atoms with van der Waals surface area (Å²) in [6, 6.07) is 0.467. The number of nitrogens with one attached hydrogen (secondary N) is 3. The molecule has 1 aliphatic rings. The van der Waals surface area contributed by atoms with Crippen molar-refractivity contribution in [3.63, 3.8) is 0 Å². The largest absolute Gasteiger partial charge is 0.354 e. The Morgan fingerprint density at radius 1 is 1.21 bits per heavy atom. The summed E-state index contributed by atoms with van der Waals surface area (Å²) in [5.74, 6) is 0.280. The van der Waals surface area contributed by atoms with E-state index < -0.39 is 0 Å². The second kappa shape index (κ2) is 8.91. The molecular formula is C14H27N3O2. The fourth-order valence-electron chi connectivity index (χ4n) is 2.12. The van der Waals surface area contributed by atoms with Gasteiger partial charge in [0.1, 0.15) is 0 Å². The first-order valence-corrected chi connectivity index (χ1v) is 7.34. The van der Waals surface area contributed by atoms with Crippen LogP contribution in [0, 0.1) is 5.92 Å². The molecule has 0 aliphatic carbocycles.